The molecule has 0 heterocycles. The summed E-state index contributed by atoms with van der Waals surface area (Å²) in [5.41, 5.74) is 11.3. The highest BCUT2D eigenvalue weighted by molar-refractivity contribution is 7.91. The molecule has 0 saturated carbocycles. The number of aryl methyl sites for hydroxylation is 2. The zero-order valence-electron chi connectivity index (χ0n) is 15.6. The van der Waals surface area contributed by atoms with Gasteiger partial charge in [-0.15, -0.1) is 0 Å². The van der Waals surface area contributed by atoms with Gasteiger partial charge in [-0.05, 0) is 54.4 Å². The maximum absolute atomic E-state index is 12.3. The highest BCUT2D eigenvalue weighted by atomic mass is 32.2. The molecule has 5 heteroatoms. The average molecular weight is 390 g/mol. The molecule has 3 rings (SSSR count). The van der Waals surface area contributed by atoms with Crippen LogP contribution in [0.25, 0.3) is 0 Å². The van der Waals surface area contributed by atoms with E-state index in [1.54, 1.807) is 0 Å². The van der Waals surface area contributed by atoms with Gasteiger partial charge in [0.25, 0.3) is 0 Å². The Morgan fingerprint density at radius 2 is 1.81 bits per heavy atom. The Morgan fingerprint density at radius 3 is 2.56 bits per heavy atom. The van der Waals surface area contributed by atoms with E-state index < -0.39 is 16.5 Å². The fraction of sp³-hybridized carbons (Fsp3) is 0.455. The molecule has 1 aliphatic rings. The standard InChI is InChI=1S/C22H28FNO2S/c23-12-4-13-27(25,26)14-11-18-7-8-19-9-10-22(24)21(20(19)15-18)16-17-5-2-1-3-6-17/h1-3,5-8,15,21-22H,4,9-14,16,24H2. The van der Waals surface area contributed by atoms with Crippen LogP contribution in [0.15, 0.2) is 48.5 Å². The normalized spacial score (nSPS) is 19.6. The molecule has 2 aromatic rings. The van der Waals surface area contributed by atoms with E-state index in [9.17, 15) is 12.8 Å². The summed E-state index contributed by atoms with van der Waals surface area (Å²) in [4.78, 5) is 0. The molecule has 2 aromatic carbocycles. The monoisotopic (exact) mass is 389 g/mol. The zero-order valence-corrected chi connectivity index (χ0v) is 16.4. The van der Waals surface area contributed by atoms with Crippen molar-refractivity contribution in [2.24, 2.45) is 5.73 Å². The molecule has 0 radical (unpaired) electrons. The van der Waals surface area contributed by atoms with Crippen molar-refractivity contribution in [1.82, 2.24) is 0 Å². The van der Waals surface area contributed by atoms with Crippen molar-refractivity contribution >= 4 is 9.84 Å². The molecular weight excluding hydrogens is 361 g/mol. The summed E-state index contributed by atoms with van der Waals surface area (Å²) in [5.74, 6) is 0.246. The van der Waals surface area contributed by atoms with Crippen LogP contribution in [-0.2, 0) is 29.1 Å². The van der Waals surface area contributed by atoms with E-state index >= 15 is 0 Å². The van der Waals surface area contributed by atoms with Crippen LogP contribution in [0.2, 0.25) is 0 Å². The quantitative estimate of drug-likeness (QED) is 0.750. The topological polar surface area (TPSA) is 60.2 Å². The lowest BCUT2D eigenvalue weighted by Gasteiger charge is -2.32. The zero-order chi connectivity index (χ0) is 19.3. The fourth-order valence-electron chi connectivity index (χ4n) is 3.91. The number of hydrogen-bond acceptors (Lipinski definition) is 3. The Kier molecular flexibility index (Phi) is 6.66. The second kappa shape index (κ2) is 8.98. The van der Waals surface area contributed by atoms with Gasteiger partial charge in [-0.25, -0.2) is 8.42 Å². The number of alkyl halides is 1. The number of fused-ring (bicyclic) bond motifs is 1. The Balaban J connectivity index is 1.77. The third-order valence-corrected chi connectivity index (χ3v) is 7.20. The molecule has 0 amide bonds. The summed E-state index contributed by atoms with van der Waals surface area (Å²) in [6, 6.07) is 16.8. The summed E-state index contributed by atoms with van der Waals surface area (Å²) < 4.78 is 36.3. The van der Waals surface area contributed by atoms with Crippen molar-refractivity contribution in [3.63, 3.8) is 0 Å². The van der Waals surface area contributed by atoms with Gasteiger partial charge in [0, 0.05) is 12.0 Å². The van der Waals surface area contributed by atoms with Crippen LogP contribution in [0.3, 0.4) is 0 Å². The van der Waals surface area contributed by atoms with E-state index in [1.165, 1.54) is 16.7 Å². The van der Waals surface area contributed by atoms with Crippen LogP contribution >= 0.6 is 0 Å². The highest BCUT2D eigenvalue weighted by Gasteiger charge is 2.27. The Hall–Kier alpha value is -1.72. The summed E-state index contributed by atoms with van der Waals surface area (Å²) >= 11 is 0. The van der Waals surface area contributed by atoms with Gasteiger partial charge >= 0.3 is 0 Å². The third kappa shape index (κ3) is 5.39. The van der Waals surface area contributed by atoms with E-state index in [4.69, 9.17) is 5.73 Å². The molecule has 2 atom stereocenters. The Labute approximate surface area is 161 Å². The van der Waals surface area contributed by atoms with E-state index in [0.717, 1.165) is 24.8 Å². The molecule has 0 bridgehead atoms. The molecule has 0 aliphatic heterocycles. The first kappa shape index (κ1) is 20.0. The number of hydrogen-bond donors (Lipinski definition) is 1. The second-order valence-electron chi connectivity index (χ2n) is 7.48. The summed E-state index contributed by atoms with van der Waals surface area (Å²) in [5, 5.41) is 0. The molecule has 0 spiro atoms. The minimum absolute atomic E-state index is 0.0706. The van der Waals surface area contributed by atoms with Gasteiger partial charge in [-0.3, -0.25) is 4.39 Å². The lowest BCUT2D eigenvalue weighted by Crippen LogP contribution is -2.34. The van der Waals surface area contributed by atoms with Gasteiger partial charge in [0.1, 0.15) is 0 Å². The molecule has 3 nitrogen and oxygen atoms in total. The number of halogens is 1. The van der Waals surface area contributed by atoms with Gasteiger partial charge in [0.05, 0.1) is 18.2 Å². The third-order valence-electron chi connectivity index (χ3n) is 5.46. The van der Waals surface area contributed by atoms with Crippen LogP contribution < -0.4 is 5.73 Å². The molecule has 0 aromatic heterocycles. The van der Waals surface area contributed by atoms with E-state index in [1.807, 2.05) is 24.3 Å². The maximum Gasteiger partial charge on any atom is 0.150 e. The van der Waals surface area contributed by atoms with Crippen LogP contribution in [0.1, 0.15) is 41.0 Å². The lowest BCUT2D eigenvalue weighted by atomic mass is 9.76. The predicted octanol–water partition coefficient (Wildman–Crippen LogP) is 3.60. The molecule has 27 heavy (non-hydrogen) atoms. The molecule has 1 aliphatic carbocycles. The minimum atomic E-state index is -3.20. The molecule has 146 valence electrons. The Morgan fingerprint density at radius 1 is 1.04 bits per heavy atom. The number of sulfone groups is 1. The van der Waals surface area contributed by atoms with Gasteiger partial charge < -0.3 is 5.73 Å². The van der Waals surface area contributed by atoms with Crippen LogP contribution in [-0.4, -0.2) is 32.6 Å². The summed E-state index contributed by atoms with van der Waals surface area (Å²) in [6.07, 6.45) is 3.39. The first-order valence-corrected chi connectivity index (χ1v) is 11.5. The largest absolute Gasteiger partial charge is 0.327 e. The van der Waals surface area contributed by atoms with E-state index in [0.29, 0.717) is 6.42 Å². The van der Waals surface area contributed by atoms with Crippen LogP contribution in [0.5, 0.6) is 0 Å². The van der Waals surface area contributed by atoms with Gasteiger partial charge in [-0.1, -0.05) is 48.5 Å². The predicted molar refractivity (Wildman–Crippen MR) is 109 cm³/mol. The van der Waals surface area contributed by atoms with E-state index in [2.05, 4.69) is 24.3 Å². The van der Waals surface area contributed by atoms with Crippen LogP contribution in [0.4, 0.5) is 4.39 Å². The average Bonchev–Trinajstić information content (AvgIpc) is 2.68. The molecule has 2 N–H and O–H groups in total. The van der Waals surface area contributed by atoms with E-state index in [-0.39, 0.29) is 29.9 Å². The summed E-state index contributed by atoms with van der Waals surface area (Å²) in [6.45, 7) is -0.586. The molecule has 0 saturated heterocycles. The minimum Gasteiger partial charge on any atom is -0.327 e. The van der Waals surface area contributed by atoms with Crippen molar-refractivity contribution < 1.29 is 12.8 Å². The highest BCUT2D eigenvalue weighted by Crippen LogP contribution is 2.34. The SMILES string of the molecule is NC1CCc2ccc(CCS(=O)(=O)CCCF)cc2C1Cc1ccccc1. The van der Waals surface area contributed by atoms with Crippen molar-refractivity contribution in [1.29, 1.82) is 0 Å². The van der Waals surface area contributed by atoms with Crippen molar-refractivity contribution in [2.75, 3.05) is 18.2 Å². The first-order chi connectivity index (χ1) is 13.0. The fourth-order valence-corrected chi connectivity index (χ4v) is 5.21. The van der Waals surface area contributed by atoms with Crippen molar-refractivity contribution in [2.45, 2.75) is 44.1 Å². The summed E-state index contributed by atoms with van der Waals surface area (Å²) in [7, 11) is -3.20. The first-order valence-electron chi connectivity index (χ1n) is 9.66. The van der Waals surface area contributed by atoms with Gasteiger partial charge in [0.15, 0.2) is 9.84 Å². The lowest BCUT2D eigenvalue weighted by molar-refractivity contribution is 0.467. The Bertz CT molecular complexity index is 852. The maximum atomic E-state index is 12.3. The number of benzene rings is 2. The van der Waals surface area contributed by atoms with Gasteiger partial charge in [0.2, 0.25) is 0 Å². The van der Waals surface area contributed by atoms with Crippen molar-refractivity contribution in [3.8, 4) is 0 Å². The van der Waals surface area contributed by atoms with Crippen molar-refractivity contribution in [3.05, 3.63) is 70.8 Å². The second-order valence-corrected chi connectivity index (χ2v) is 9.78. The van der Waals surface area contributed by atoms with Crippen LogP contribution in [0, 0.1) is 0 Å². The number of nitrogens with two attached hydrogens (primary N) is 1. The smallest absolute Gasteiger partial charge is 0.150 e. The molecule has 2 unspecified atom stereocenters. The number of rotatable bonds is 8. The molecular formula is C22H28FNO2S. The molecule has 0 fully saturated rings. The van der Waals surface area contributed by atoms with Gasteiger partial charge in [-0.2, -0.15) is 0 Å².